The smallest absolute Gasteiger partial charge is 0.328 e. The minimum absolute atomic E-state index is 0.0376. The number of hydrogen-bond acceptors (Lipinski definition) is 9. The number of methoxy groups -OCH3 is 1. The summed E-state index contributed by atoms with van der Waals surface area (Å²) in [6.07, 6.45) is 28.5. The first kappa shape index (κ1) is 51.0. The van der Waals surface area contributed by atoms with Gasteiger partial charge < -0.3 is 24.8 Å². The Bertz CT molecular complexity index is 1240. The number of nitrogens with one attached hydrogen (secondary N) is 2. The van der Waals surface area contributed by atoms with Gasteiger partial charge in [-0.3, -0.25) is 28.7 Å². The first-order valence-corrected chi connectivity index (χ1v) is 22.4. The molecule has 0 aliphatic carbocycles. The molecule has 0 fully saturated rings. The lowest BCUT2D eigenvalue weighted by molar-refractivity contribution is -0.150. The third kappa shape index (κ3) is 29.3. The highest BCUT2D eigenvalue weighted by atomic mass is 16.5. The maximum Gasteiger partial charge on any atom is 0.328 e. The molecule has 0 spiro atoms. The molecule has 0 aromatic carbocycles. The maximum atomic E-state index is 12.8. The largest absolute Gasteiger partial charge is 0.469 e. The van der Waals surface area contributed by atoms with Crippen molar-refractivity contribution in [3.05, 3.63) is 33.1 Å². The van der Waals surface area contributed by atoms with Gasteiger partial charge in [0.15, 0.2) is 0 Å². The van der Waals surface area contributed by atoms with Crippen LogP contribution in [0.1, 0.15) is 187 Å². The molecule has 0 saturated heterocycles. The molecule has 3 N–H and O–H groups in total. The number of esters is 2. The zero-order valence-electron chi connectivity index (χ0n) is 35.6. The molecule has 0 radical (unpaired) electrons. The molecule has 1 heterocycles. The number of aliphatic hydroxyl groups excluding tert-OH is 1. The second kappa shape index (κ2) is 35.2. The summed E-state index contributed by atoms with van der Waals surface area (Å²) in [6.45, 7) is 7.06. The predicted molar refractivity (Wildman–Crippen MR) is 225 cm³/mol. The number of hydrogen-bond donors (Lipinski definition) is 3. The van der Waals surface area contributed by atoms with E-state index in [4.69, 9.17) is 9.47 Å². The molecule has 1 aromatic heterocycles. The monoisotopic (exact) mass is 793 g/mol. The highest BCUT2D eigenvalue weighted by Gasteiger charge is 2.15. The van der Waals surface area contributed by atoms with Crippen LogP contribution in [0, 0.1) is 0 Å². The molecular formula is C44H80N4O8. The number of rotatable bonds is 38. The Kier molecular flexibility index (Phi) is 32.1. The van der Waals surface area contributed by atoms with Crippen LogP contribution in [0.4, 0.5) is 0 Å². The lowest BCUT2D eigenvalue weighted by Crippen LogP contribution is -2.36. The number of aliphatic hydroxyl groups is 1. The number of amides is 1. The van der Waals surface area contributed by atoms with Crippen LogP contribution < -0.4 is 16.6 Å². The number of aromatic nitrogens is 2. The van der Waals surface area contributed by atoms with E-state index < -0.39 is 17.4 Å². The van der Waals surface area contributed by atoms with Gasteiger partial charge in [0.25, 0.3) is 5.56 Å². The number of ether oxygens (including phenoxy) is 2. The van der Waals surface area contributed by atoms with E-state index in [-0.39, 0.29) is 30.5 Å². The van der Waals surface area contributed by atoms with E-state index >= 15 is 0 Å². The molecule has 12 heteroatoms. The number of H-pyrrole nitrogens is 1. The van der Waals surface area contributed by atoms with Crippen molar-refractivity contribution in [2.75, 3.05) is 33.3 Å². The normalized spacial score (nSPS) is 12.0. The molecule has 1 aromatic rings. The zero-order chi connectivity index (χ0) is 41.1. The quantitative estimate of drug-likeness (QED) is 0.0446. The number of carbonyl (C=O) groups is 3. The molecule has 0 aliphatic heterocycles. The highest BCUT2D eigenvalue weighted by molar-refractivity contribution is 5.75. The molecule has 12 nitrogen and oxygen atoms in total. The molecule has 0 saturated carbocycles. The highest BCUT2D eigenvalue weighted by Crippen LogP contribution is 2.18. The minimum Gasteiger partial charge on any atom is -0.469 e. The van der Waals surface area contributed by atoms with Gasteiger partial charge in [0, 0.05) is 38.2 Å². The first-order valence-electron chi connectivity index (χ1n) is 22.4. The van der Waals surface area contributed by atoms with Crippen molar-refractivity contribution in [2.45, 2.75) is 206 Å². The second-order valence-electron chi connectivity index (χ2n) is 15.7. The van der Waals surface area contributed by atoms with Gasteiger partial charge in [-0.2, -0.15) is 0 Å². The van der Waals surface area contributed by atoms with Gasteiger partial charge in [-0.1, -0.05) is 104 Å². The second-order valence-corrected chi connectivity index (χ2v) is 15.7. The Morgan fingerprint density at radius 3 is 1.82 bits per heavy atom. The van der Waals surface area contributed by atoms with E-state index in [1.807, 2.05) is 0 Å². The van der Waals surface area contributed by atoms with Crippen molar-refractivity contribution in [2.24, 2.45) is 0 Å². The molecular weight excluding hydrogens is 713 g/mol. The third-order valence-electron chi connectivity index (χ3n) is 10.5. The van der Waals surface area contributed by atoms with Gasteiger partial charge in [-0.15, -0.1) is 0 Å². The fourth-order valence-electron chi connectivity index (χ4n) is 7.03. The molecule has 0 bridgehead atoms. The molecule has 0 aliphatic rings. The Balaban J connectivity index is 2.39. The van der Waals surface area contributed by atoms with Crippen molar-refractivity contribution >= 4 is 17.8 Å². The molecule has 1 amide bonds. The predicted octanol–water partition coefficient (Wildman–Crippen LogP) is 7.97. The van der Waals surface area contributed by atoms with E-state index in [2.05, 4.69) is 29.0 Å². The first-order chi connectivity index (χ1) is 27.2. The average molecular weight is 793 g/mol. The van der Waals surface area contributed by atoms with E-state index in [1.165, 1.54) is 83.6 Å². The van der Waals surface area contributed by atoms with E-state index in [1.54, 1.807) is 0 Å². The van der Waals surface area contributed by atoms with Gasteiger partial charge in [0.2, 0.25) is 5.91 Å². The van der Waals surface area contributed by atoms with Gasteiger partial charge in [0.1, 0.15) is 12.6 Å². The summed E-state index contributed by atoms with van der Waals surface area (Å²) in [6, 6.07) is 1.20. The van der Waals surface area contributed by atoms with Gasteiger partial charge >= 0.3 is 17.6 Å². The van der Waals surface area contributed by atoms with Crippen LogP contribution in [0.25, 0.3) is 0 Å². The standard InChI is InChI=1S/C44H80N4O8/c1-4-6-8-10-13-18-27-39(28-19-14-11-9-7-5-2)56-43(53)30-20-15-12-16-24-33-47(34-25-17-21-29-42(52)55-3)36-38(49)26-22-23-32-45-41(51)37-48-35-31-40(50)46-44(48)54/h31,35,38-39,49H,4-30,32-34,36-37H2,1-3H3,(H,45,51)(H,46,50,54). The van der Waals surface area contributed by atoms with Gasteiger partial charge in [-0.25, -0.2) is 4.79 Å². The fraction of sp³-hybridized carbons (Fsp3) is 0.841. The van der Waals surface area contributed by atoms with E-state index in [0.717, 1.165) is 101 Å². The fourth-order valence-corrected chi connectivity index (χ4v) is 7.03. The van der Waals surface area contributed by atoms with Crippen molar-refractivity contribution in [3.8, 4) is 0 Å². The Morgan fingerprint density at radius 1 is 0.714 bits per heavy atom. The molecule has 56 heavy (non-hydrogen) atoms. The summed E-state index contributed by atoms with van der Waals surface area (Å²) < 4.78 is 11.9. The molecule has 1 rings (SSSR count). The maximum absolute atomic E-state index is 12.8. The topological polar surface area (TPSA) is 160 Å². The van der Waals surface area contributed by atoms with Crippen molar-refractivity contribution in [1.29, 1.82) is 0 Å². The van der Waals surface area contributed by atoms with Crippen LogP contribution >= 0.6 is 0 Å². The van der Waals surface area contributed by atoms with Gasteiger partial charge in [-0.05, 0) is 83.7 Å². The SMILES string of the molecule is CCCCCCCCC(CCCCCCCC)OC(=O)CCCCCCCN(CCCCCC(=O)OC)CC(O)CCCCNC(=O)Cn1ccc(=O)[nH]c1=O. The van der Waals surface area contributed by atoms with Crippen molar-refractivity contribution in [3.63, 3.8) is 0 Å². The Labute approximate surface area is 338 Å². The average Bonchev–Trinajstić information content (AvgIpc) is 3.17. The molecule has 1 unspecified atom stereocenters. The zero-order valence-corrected chi connectivity index (χ0v) is 35.6. The van der Waals surface area contributed by atoms with Crippen LogP contribution in [0.2, 0.25) is 0 Å². The van der Waals surface area contributed by atoms with Crippen molar-refractivity contribution < 1.29 is 29.0 Å². The van der Waals surface area contributed by atoms with Crippen LogP contribution in [-0.4, -0.2) is 82.9 Å². The van der Waals surface area contributed by atoms with Crippen LogP contribution in [-0.2, 0) is 30.4 Å². The van der Waals surface area contributed by atoms with Crippen LogP contribution in [0.5, 0.6) is 0 Å². The van der Waals surface area contributed by atoms with Gasteiger partial charge in [0.05, 0.1) is 13.2 Å². The summed E-state index contributed by atoms with van der Waals surface area (Å²) in [4.78, 5) is 63.9. The summed E-state index contributed by atoms with van der Waals surface area (Å²) >= 11 is 0. The van der Waals surface area contributed by atoms with Crippen molar-refractivity contribution in [1.82, 2.24) is 19.8 Å². The lowest BCUT2D eigenvalue weighted by atomic mass is 10.0. The lowest BCUT2D eigenvalue weighted by Gasteiger charge is -2.25. The number of unbranched alkanes of at least 4 members (excludes halogenated alkanes) is 17. The minimum atomic E-state index is -0.623. The summed E-state index contributed by atoms with van der Waals surface area (Å²) in [5.74, 6) is -0.540. The number of aromatic amines is 1. The molecule has 1 atom stereocenters. The van der Waals surface area contributed by atoms with E-state index in [9.17, 15) is 29.1 Å². The Morgan fingerprint density at radius 2 is 1.23 bits per heavy atom. The molecule has 324 valence electrons. The summed E-state index contributed by atoms with van der Waals surface area (Å²) in [5, 5.41) is 13.6. The number of nitrogens with zero attached hydrogens (tertiary/aromatic N) is 2. The Hall–Kier alpha value is -2.99. The number of carbonyl (C=O) groups excluding carboxylic acids is 3. The third-order valence-corrected chi connectivity index (χ3v) is 10.5. The van der Waals surface area contributed by atoms with E-state index in [0.29, 0.717) is 38.8 Å². The van der Waals surface area contributed by atoms with Crippen LogP contribution in [0.3, 0.4) is 0 Å². The summed E-state index contributed by atoms with van der Waals surface area (Å²) in [5.41, 5.74) is -1.13. The van der Waals surface area contributed by atoms with Crippen LogP contribution in [0.15, 0.2) is 21.9 Å². The summed E-state index contributed by atoms with van der Waals surface area (Å²) in [7, 11) is 1.41.